The van der Waals surface area contributed by atoms with E-state index in [1.165, 1.54) is 13.2 Å². The van der Waals surface area contributed by atoms with Gasteiger partial charge in [0.2, 0.25) is 0 Å². The molecule has 3 rings (SSSR count). The molecular weight excluding hydrogens is 562 g/mol. The minimum Gasteiger partial charge on any atom is -0.493 e. The Hall–Kier alpha value is -2.73. The number of anilines is 1. The maximum atomic E-state index is 12.5. The van der Waals surface area contributed by atoms with Crippen LogP contribution in [0.2, 0.25) is 10.0 Å². The van der Waals surface area contributed by atoms with Crippen LogP contribution >= 0.6 is 45.8 Å². The summed E-state index contributed by atoms with van der Waals surface area (Å²) in [6.45, 7) is 0.268. The van der Waals surface area contributed by atoms with Crippen molar-refractivity contribution in [3.8, 4) is 17.6 Å². The van der Waals surface area contributed by atoms with Crippen molar-refractivity contribution in [2.45, 2.75) is 6.61 Å². The molecular formula is C24H17Cl2IN2O3. The van der Waals surface area contributed by atoms with E-state index in [4.69, 9.17) is 32.7 Å². The minimum atomic E-state index is -0.493. The molecule has 0 saturated heterocycles. The molecule has 162 valence electrons. The zero-order chi connectivity index (χ0) is 23.1. The molecule has 0 saturated carbocycles. The van der Waals surface area contributed by atoms with Crippen LogP contribution in [-0.4, -0.2) is 13.0 Å². The fourth-order valence-electron chi connectivity index (χ4n) is 2.73. The third-order valence-corrected chi connectivity index (χ3v) is 5.80. The van der Waals surface area contributed by atoms with Gasteiger partial charge in [-0.05, 0) is 88.3 Å². The molecule has 5 nitrogen and oxygen atoms in total. The van der Waals surface area contributed by atoms with Crippen molar-refractivity contribution in [3.05, 3.63) is 91.0 Å². The van der Waals surface area contributed by atoms with Crippen molar-refractivity contribution in [3.63, 3.8) is 0 Å². The Bertz CT molecular complexity index is 1200. The quantitative estimate of drug-likeness (QED) is 0.192. The monoisotopic (exact) mass is 578 g/mol. The van der Waals surface area contributed by atoms with Crippen molar-refractivity contribution in [1.82, 2.24) is 0 Å². The molecule has 1 amide bonds. The highest BCUT2D eigenvalue weighted by Crippen LogP contribution is 2.30. The highest BCUT2D eigenvalue weighted by Gasteiger charge is 2.12. The first-order chi connectivity index (χ1) is 15.4. The van der Waals surface area contributed by atoms with E-state index in [1.807, 2.05) is 24.3 Å². The fraction of sp³-hybridized carbons (Fsp3) is 0.0833. The van der Waals surface area contributed by atoms with Crippen LogP contribution < -0.4 is 14.8 Å². The molecule has 0 bridgehead atoms. The highest BCUT2D eigenvalue weighted by molar-refractivity contribution is 14.1. The van der Waals surface area contributed by atoms with Gasteiger partial charge in [0, 0.05) is 9.26 Å². The van der Waals surface area contributed by atoms with Crippen LogP contribution in [0.1, 0.15) is 11.1 Å². The van der Waals surface area contributed by atoms with Crippen LogP contribution in [0.15, 0.2) is 66.2 Å². The molecule has 0 unspecified atom stereocenters. The van der Waals surface area contributed by atoms with Gasteiger partial charge in [0.25, 0.3) is 5.91 Å². The van der Waals surface area contributed by atoms with Crippen LogP contribution in [0.5, 0.6) is 11.5 Å². The Morgan fingerprint density at radius 1 is 1.06 bits per heavy atom. The normalized spacial score (nSPS) is 10.9. The largest absolute Gasteiger partial charge is 0.493 e. The number of ether oxygens (including phenoxy) is 2. The van der Waals surface area contributed by atoms with Crippen molar-refractivity contribution < 1.29 is 14.3 Å². The molecule has 0 fully saturated rings. The Labute approximate surface area is 209 Å². The van der Waals surface area contributed by atoms with Gasteiger partial charge in [-0.25, -0.2) is 0 Å². The van der Waals surface area contributed by atoms with E-state index in [0.29, 0.717) is 32.8 Å². The van der Waals surface area contributed by atoms with Gasteiger partial charge in [-0.15, -0.1) is 0 Å². The van der Waals surface area contributed by atoms with Crippen molar-refractivity contribution >= 4 is 63.5 Å². The first-order valence-corrected chi connectivity index (χ1v) is 11.2. The van der Waals surface area contributed by atoms with Gasteiger partial charge in [-0.2, -0.15) is 5.26 Å². The van der Waals surface area contributed by atoms with Gasteiger partial charge in [0.15, 0.2) is 11.5 Å². The second-order valence-corrected chi connectivity index (χ2v) is 8.64. The number of hydrogen-bond donors (Lipinski definition) is 1. The number of nitrogens with zero attached hydrogens (tertiary/aromatic N) is 1. The van der Waals surface area contributed by atoms with E-state index in [-0.39, 0.29) is 12.2 Å². The van der Waals surface area contributed by atoms with Gasteiger partial charge in [0.1, 0.15) is 18.2 Å². The van der Waals surface area contributed by atoms with Gasteiger partial charge in [-0.3, -0.25) is 4.79 Å². The minimum absolute atomic E-state index is 0.0323. The average Bonchev–Trinajstić information content (AvgIpc) is 2.80. The molecule has 0 aliphatic rings. The number of methoxy groups -OCH3 is 1. The number of nitrogens with one attached hydrogen (secondary N) is 1. The van der Waals surface area contributed by atoms with Crippen molar-refractivity contribution in [1.29, 1.82) is 5.26 Å². The lowest BCUT2D eigenvalue weighted by atomic mass is 10.1. The zero-order valence-corrected chi connectivity index (χ0v) is 20.5. The standard InChI is InChI=1S/C24H17Cl2IN2O3/c1-31-23-12-15(3-9-22(23)32-14-16-2-8-20(25)21(26)11-16)10-17(13-28)24(30)29-19-6-4-18(27)5-7-19/h2-12H,14H2,1H3,(H,29,30)/b17-10+. The molecule has 0 aliphatic carbocycles. The molecule has 1 N–H and O–H groups in total. The van der Waals surface area contributed by atoms with E-state index in [9.17, 15) is 10.1 Å². The van der Waals surface area contributed by atoms with Gasteiger partial charge >= 0.3 is 0 Å². The van der Waals surface area contributed by atoms with Crippen molar-refractivity contribution in [2.75, 3.05) is 12.4 Å². The summed E-state index contributed by atoms with van der Waals surface area (Å²) in [7, 11) is 1.52. The average molecular weight is 579 g/mol. The number of benzene rings is 3. The Morgan fingerprint density at radius 3 is 2.47 bits per heavy atom. The summed E-state index contributed by atoms with van der Waals surface area (Å²) in [5.74, 6) is 0.485. The molecule has 3 aromatic rings. The van der Waals surface area contributed by atoms with Gasteiger partial charge in [0.05, 0.1) is 17.2 Å². The summed E-state index contributed by atoms with van der Waals surface area (Å²) in [5, 5.41) is 13.1. The molecule has 0 atom stereocenters. The van der Waals surface area contributed by atoms with Gasteiger partial charge in [-0.1, -0.05) is 35.3 Å². The third kappa shape index (κ3) is 6.39. The Balaban J connectivity index is 1.74. The number of carbonyl (C=O) groups excluding carboxylic acids is 1. The topological polar surface area (TPSA) is 71.3 Å². The Morgan fingerprint density at radius 2 is 1.81 bits per heavy atom. The van der Waals surface area contributed by atoms with Crippen LogP contribution in [0.4, 0.5) is 5.69 Å². The second kappa shape index (κ2) is 11.2. The first-order valence-electron chi connectivity index (χ1n) is 9.33. The zero-order valence-electron chi connectivity index (χ0n) is 16.9. The van der Waals surface area contributed by atoms with E-state index >= 15 is 0 Å². The number of nitriles is 1. The highest BCUT2D eigenvalue weighted by atomic mass is 127. The molecule has 32 heavy (non-hydrogen) atoms. The van der Waals surface area contributed by atoms with Crippen LogP contribution in [0, 0.1) is 14.9 Å². The van der Waals surface area contributed by atoms with Crippen LogP contribution in [-0.2, 0) is 11.4 Å². The predicted molar refractivity (Wildman–Crippen MR) is 135 cm³/mol. The summed E-state index contributed by atoms with van der Waals surface area (Å²) in [4.78, 5) is 12.5. The van der Waals surface area contributed by atoms with E-state index in [1.54, 1.807) is 42.5 Å². The second-order valence-electron chi connectivity index (χ2n) is 6.58. The summed E-state index contributed by atoms with van der Waals surface area (Å²) in [6, 6.07) is 19.6. The van der Waals surface area contributed by atoms with Crippen molar-refractivity contribution in [2.24, 2.45) is 0 Å². The number of rotatable bonds is 7. The maximum Gasteiger partial charge on any atom is 0.266 e. The number of amides is 1. The molecule has 0 heterocycles. The summed E-state index contributed by atoms with van der Waals surface area (Å²) < 4.78 is 12.3. The lowest BCUT2D eigenvalue weighted by molar-refractivity contribution is -0.112. The smallest absolute Gasteiger partial charge is 0.266 e. The lowest BCUT2D eigenvalue weighted by Crippen LogP contribution is -2.13. The predicted octanol–water partition coefficient (Wildman–Crippen LogP) is 6.73. The summed E-state index contributed by atoms with van der Waals surface area (Å²) in [5.41, 5.74) is 2.05. The molecule has 0 aromatic heterocycles. The lowest BCUT2D eigenvalue weighted by Gasteiger charge is -2.12. The van der Waals surface area contributed by atoms with Crippen LogP contribution in [0.25, 0.3) is 6.08 Å². The van der Waals surface area contributed by atoms with E-state index in [0.717, 1.165) is 9.13 Å². The SMILES string of the molecule is COc1cc(/C=C(\C#N)C(=O)Nc2ccc(I)cc2)ccc1OCc1ccc(Cl)c(Cl)c1. The molecule has 3 aromatic carbocycles. The first kappa shape index (κ1) is 23.9. The number of halogens is 3. The third-order valence-electron chi connectivity index (χ3n) is 4.34. The molecule has 8 heteroatoms. The van der Waals surface area contributed by atoms with E-state index < -0.39 is 5.91 Å². The molecule has 0 spiro atoms. The fourth-order valence-corrected chi connectivity index (χ4v) is 3.41. The molecule has 0 radical (unpaired) electrons. The van der Waals surface area contributed by atoms with Crippen LogP contribution in [0.3, 0.4) is 0 Å². The van der Waals surface area contributed by atoms with Gasteiger partial charge < -0.3 is 14.8 Å². The number of hydrogen-bond acceptors (Lipinski definition) is 4. The Kier molecular flexibility index (Phi) is 8.39. The molecule has 0 aliphatic heterocycles. The maximum absolute atomic E-state index is 12.5. The number of carbonyl (C=O) groups is 1. The summed E-state index contributed by atoms with van der Waals surface area (Å²) in [6.07, 6.45) is 1.49. The summed E-state index contributed by atoms with van der Waals surface area (Å²) >= 11 is 14.2. The van der Waals surface area contributed by atoms with E-state index in [2.05, 4.69) is 27.9 Å².